The van der Waals surface area contributed by atoms with Crippen LogP contribution in [0.4, 0.5) is 5.95 Å². The third kappa shape index (κ3) is 6.44. The summed E-state index contributed by atoms with van der Waals surface area (Å²) in [6.45, 7) is 3.96. The first kappa shape index (κ1) is 23.6. The number of carbonyl (C=O) groups is 1. The van der Waals surface area contributed by atoms with Gasteiger partial charge in [-0.2, -0.15) is 4.98 Å². The predicted octanol–water partition coefficient (Wildman–Crippen LogP) is 1.26. The lowest BCUT2D eigenvalue weighted by Crippen LogP contribution is -2.21. The van der Waals surface area contributed by atoms with Crippen LogP contribution in [0.3, 0.4) is 0 Å². The van der Waals surface area contributed by atoms with Crippen LogP contribution in [0.25, 0.3) is 11.2 Å². The molecule has 0 aromatic carbocycles. The highest BCUT2D eigenvalue weighted by Crippen LogP contribution is 2.61. The maximum Gasteiger partial charge on any atom is 0.343 e. The summed E-state index contributed by atoms with van der Waals surface area (Å²) in [6, 6.07) is 0. The molecular weight excluding hydrogens is 446 g/mol. The van der Waals surface area contributed by atoms with Crippen LogP contribution >= 0.6 is 15.6 Å². The zero-order valence-electron chi connectivity index (χ0n) is 16.8. The maximum atomic E-state index is 12.2. The Morgan fingerprint density at radius 1 is 1.55 bits per heavy atom. The summed E-state index contributed by atoms with van der Waals surface area (Å²) in [5.74, 6) is -0.253. The number of imidazole rings is 1. The Labute approximate surface area is 179 Å². The molecule has 1 aliphatic heterocycles. The van der Waals surface area contributed by atoms with Gasteiger partial charge in [0.05, 0.1) is 19.0 Å². The number of carbonyl (C=O) groups excluding carboxylic acids is 1. The minimum Gasteiger partial charge on any atom is -0.369 e. The summed E-state index contributed by atoms with van der Waals surface area (Å²) >= 11 is 0. The van der Waals surface area contributed by atoms with E-state index < -0.39 is 12.8 Å². The summed E-state index contributed by atoms with van der Waals surface area (Å²) in [5, 5.41) is 2.63. The highest BCUT2D eigenvalue weighted by Gasteiger charge is 2.30. The monoisotopic (exact) mass is 472 g/mol. The van der Waals surface area contributed by atoms with Gasteiger partial charge in [-0.15, -0.1) is 0 Å². The van der Waals surface area contributed by atoms with Crippen molar-refractivity contribution in [1.29, 1.82) is 0 Å². The molecule has 0 saturated carbocycles. The zero-order chi connectivity index (χ0) is 22.4. The number of nitrogens with one attached hydrogen (secondary N) is 2. The molecule has 31 heavy (non-hydrogen) atoms. The van der Waals surface area contributed by atoms with Gasteiger partial charge in [-0.25, -0.2) is 4.98 Å². The zero-order valence-corrected chi connectivity index (χ0v) is 18.7. The second-order valence-corrected chi connectivity index (χ2v) is 11.7. The van der Waals surface area contributed by atoms with Gasteiger partial charge in [-0.05, 0) is 31.8 Å². The van der Waals surface area contributed by atoms with E-state index >= 15 is 0 Å². The molecule has 14 heteroatoms. The predicted molar refractivity (Wildman–Crippen MR) is 117 cm³/mol. The number of aromatic amines is 1. The Morgan fingerprint density at radius 3 is 3.13 bits per heavy atom. The maximum absolute atomic E-state index is 12.2. The van der Waals surface area contributed by atoms with Gasteiger partial charge < -0.3 is 25.2 Å². The molecule has 3 heterocycles. The minimum absolute atomic E-state index is 0.00303. The molecule has 1 aliphatic rings. The highest BCUT2D eigenvalue weighted by atomic mass is 32.1. The Kier molecular flexibility index (Phi) is 7.96. The van der Waals surface area contributed by atoms with Crippen molar-refractivity contribution in [1.82, 2.24) is 24.8 Å². The Hall–Kier alpha value is -2.10. The normalized spacial score (nSPS) is 20.9. The topological polar surface area (TPSA) is 174 Å². The van der Waals surface area contributed by atoms with Crippen molar-refractivity contribution in [2.24, 2.45) is 0 Å². The number of anilines is 1. The number of ether oxygens (including phenoxy) is 1. The lowest BCUT2D eigenvalue weighted by atomic mass is 10.2. The number of nitrogens with zero attached hydrogens (tertiary/aromatic N) is 3. The number of aromatic nitrogens is 4. The quantitative estimate of drug-likeness (QED) is 0.213. The SMILES string of the molecule is C=CC(=O)NCCCCOP(=O)(O)PC[C@@H]1CC[C@H](n2cnc3c(=O)[nH]c(N)nc32)O1. The summed E-state index contributed by atoms with van der Waals surface area (Å²) in [6.07, 6.45) is 5.02. The molecule has 0 radical (unpaired) electrons. The number of unbranched alkanes of at least 4 members (excludes halogenated alkanes) is 1. The summed E-state index contributed by atoms with van der Waals surface area (Å²) in [4.78, 5) is 43.6. The van der Waals surface area contributed by atoms with Crippen molar-refractivity contribution in [3.8, 4) is 0 Å². The van der Waals surface area contributed by atoms with E-state index in [9.17, 15) is 19.0 Å². The van der Waals surface area contributed by atoms with Crippen LogP contribution in [0.15, 0.2) is 23.8 Å². The molecule has 0 bridgehead atoms. The molecule has 3 rings (SSSR count). The largest absolute Gasteiger partial charge is 0.369 e. The molecular formula is C17H26N6O6P2. The number of nitrogen functional groups attached to an aromatic ring is 1. The van der Waals surface area contributed by atoms with Crippen LogP contribution in [0.5, 0.6) is 0 Å². The second-order valence-electron chi connectivity index (χ2n) is 6.98. The fourth-order valence-electron chi connectivity index (χ4n) is 3.16. The van der Waals surface area contributed by atoms with Gasteiger partial charge in [0.1, 0.15) is 6.23 Å². The third-order valence-electron chi connectivity index (χ3n) is 4.69. The summed E-state index contributed by atoms with van der Waals surface area (Å²) in [5.41, 5.74) is 5.72. The first-order valence-electron chi connectivity index (χ1n) is 9.79. The van der Waals surface area contributed by atoms with Gasteiger partial charge in [0.25, 0.3) is 5.56 Å². The minimum atomic E-state index is -3.70. The number of rotatable bonds is 11. The molecule has 170 valence electrons. The second kappa shape index (κ2) is 10.5. The van der Waals surface area contributed by atoms with E-state index in [1.807, 2.05) is 0 Å². The van der Waals surface area contributed by atoms with Gasteiger partial charge in [0, 0.05) is 21.0 Å². The van der Waals surface area contributed by atoms with Crippen molar-refractivity contribution in [2.45, 2.75) is 38.0 Å². The molecule has 1 fully saturated rings. The fourth-order valence-corrected chi connectivity index (χ4v) is 6.21. The van der Waals surface area contributed by atoms with Crippen LogP contribution in [-0.4, -0.2) is 55.7 Å². The number of amides is 1. The first-order valence-corrected chi connectivity index (χ1v) is 13.4. The lowest BCUT2D eigenvalue weighted by molar-refractivity contribution is -0.116. The van der Waals surface area contributed by atoms with Gasteiger partial charge in [0.2, 0.25) is 11.9 Å². The average molecular weight is 472 g/mol. The molecule has 5 N–H and O–H groups in total. The highest BCUT2D eigenvalue weighted by molar-refractivity contribution is 8.19. The number of hydrogen-bond donors (Lipinski definition) is 4. The van der Waals surface area contributed by atoms with Crippen LogP contribution in [0.1, 0.15) is 31.9 Å². The smallest absolute Gasteiger partial charge is 0.343 e. The number of H-pyrrole nitrogens is 1. The van der Waals surface area contributed by atoms with Gasteiger partial charge in [0.15, 0.2) is 11.2 Å². The lowest BCUT2D eigenvalue weighted by Gasteiger charge is -2.17. The van der Waals surface area contributed by atoms with Crippen molar-refractivity contribution < 1.29 is 23.5 Å². The van der Waals surface area contributed by atoms with E-state index in [2.05, 4.69) is 26.8 Å². The van der Waals surface area contributed by atoms with Gasteiger partial charge >= 0.3 is 7.28 Å². The van der Waals surface area contributed by atoms with E-state index in [4.69, 9.17) is 15.0 Å². The van der Waals surface area contributed by atoms with Crippen LogP contribution in [0.2, 0.25) is 0 Å². The molecule has 12 nitrogen and oxygen atoms in total. The first-order chi connectivity index (χ1) is 14.8. The third-order valence-corrected chi connectivity index (χ3v) is 8.39. The molecule has 2 unspecified atom stereocenters. The van der Waals surface area contributed by atoms with E-state index in [1.54, 1.807) is 4.57 Å². The summed E-state index contributed by atoms with van der Waals surface area (Å²) in [7, 11) is -4.00. The van der Waals surface area contributed by atoms with Gasteiger partial charge in [-0.3, -0.25) is 23.7 Å². The van der Waals surface area contributed by atoms with Crippen molar-refractivity contribution in [2.75, 3.05) is 25.0 Å². The van der Waals surface area contributed by atoms with Crippen molar-refractivity contribution in [3.63, 3.8) is 0 Å². The van der Waals surface area contributed by atoms with Crippen LogP contribution in [-0.2, 0) is 18.6 Å². The summed E-state index contributed by atoms with van der Waals surface area (Å²) < 4.78 is 25.0. The van der Waals surface area contributed by atoms with E-state index in [0.29, 0.717) is 44.0 Å². The van der Waals surface area contributed by atoms with Gasteiger partial charge in [-0.1, -0.05) is 6.58 Å². The molecule has 1 saturated heterocycles. The standard InChI is InChI=1S/C17H26N6O6P2/c1-2-12(24)19-7-3-4-8-28-31(26,27)30-9-11-5-6-13(29-11)23-10-20-14-15(23)21-17(18)22-16(14)25/h2,10-11,13,30H,1,3-9H2,(H,19,24)(H,26,27)(H3,18,21,22,25)/t11-,13+/m0/s1. The van der Waals surface area contributed by atoms with E-state index in [1.165, 1.54) is 12.4 Å². The molecule has 0 spiro atoms. The van der Waals surface area contributed by atoms with Crippen molar-refractivity contribution in [3.05, 3.63) is 29.3 Å². The fraction of sp³-hybridized carbons (Fsp3) is 0.529. The average Bonchev–Trinajstić information content (AvgIpc) is 3.35. The van der Waals surface area contributed by atoms with E-state index in [0.717, 1.165) is 0 Å². The number of fused-ring (bicyclic) bond motifs is 1. The number of nitrogens with two attached hydrogens (primary N) is 1. The Morgan fingerprint density at radius 2 is 2.35 bits per heavy atom. The molecule has 1 amide bonds. The molecule has 0 aliphatic carbocycles. The Balaban J connectivity index is 1.43. The molecule has 2 aromatic rings. The van der Waals surface area contributed by atoms with Crippen LogP contribution in [0, 0.1) is 0 Å². The molecule has 2 aromatic heterocycles. The Bertz CT molecular complexity index is 1040. The van der Waals surface area contributed by atoms with E-state index in [-0.39, 0.29) is 44.6 Å². The van der Waals surface area contributed by atoms with Crippen LogP contribution < -0.4 is 16.6 Å². The van der Waals surface area contributed by atoms with Crippen molar-refractivity contribution >= 4 is 38.6 Å². The molecule has 4 atom stereocenters. The number of hydrogen-bond acceptors (Lipinski definition) is 8.